The normalized spacial score (nSPS) is 22.7. The molecule has 3 nitrogen and oxygen atoms in total. The smallest absolute Gasteiger partial charge is 0.231 e. The van der Waals surface area contributed by atoms with E-state index in [-0.39, 0.29) is 11.8 Å². The Hall–Kier alpha value is -1.61. The first-order valence-corrected chi connectivity index (χ1v) is 6.98. The molecule has 1 amide bonds. The van der Waals surface area contributed by atoms with Crippen molar-refractivity contribution in [3.8, 4) is 0 Å². The van der Waals surface area contributed by atoms with E-state index in [9.17, 15) is 4.79 Å². The molecule has 1 N–H and O–H groups in total. The van der Waals surface area contributed by atoms with Crippen molar-refractivity contribution in [2.45, 2.75) is 25.8 Å². The average Bonchev–Trinajstić information content (AvgIpc) is 2.47. The number of hydrogen-bond donors (Lipinski definition) is 1. The summed E-state index contributed by atoms with van der Waals surface area (Å²) in [6, 6.07) is 8.29. The molecular weight excluding hydrogens is 236 g/mol. The second-order valence-corrected chi connectivity index (χ2v) is 5.47. The van der Waals surface area contributed by atoms with E-state index in [1.807, 2.05) is 17.0 Å². The molecule has 0 spiro atoms. The molecule has 1 aromatic rings. The number of carbonyl (C=O) groups is 1. The molecule has 3 rings (SSSR count). The predicted molar refractivity (Wildman–Crippen MR) is 75.8 cm³/mol. The molecule has 1 atom stereocenters. The number of nitrogens with one attached hydrogen (secondary N) is 1. The maximum atomic E-state index is 12.7. The number of hydrogen-bond acceptors (Lipinski definition) is 2. The number of amides is 1. The first-order chi connectivity index (χ1) is 9.25. The topological polar surface area (TPSA) is 32.3 Å². The highest BCUT2D eigenvalue weighted by atomic mass is 16.2. The van der Waals surface area contributed by atoms with Crippen LogP contribution >= 0.6 is 0 Å². The van der Waals surface area contributed by atoms with Crippen molar-refractivity contribution in [1.29, 1.82) is 0 Å². The average molecular weight is 256 g/mol. The fraction of sp³-hybridized carbons (Fsp3) is 0.438. The quantitative estimate of drug-likeness (QED) is 0.780. The Morgan fingerprint density at radius 2 is 2.21 bits per heavy atom. The van der Waals surface area contributed by atoms with Gasteiger partial charge in [-0.2, -0.15) is 0 Å². The fourth-order valence-electron chi connectivity index (χ4n) is 2.91. The molecule has 0 saturated carbocycles. The first kappa shape index (κ1) is 12.4. The van der Waals surface area contributed by atoms with Gasteiger partial charge in [-0.1, -0.05) is 35.9 Å². The molecule has 3 heteroatoms. The molecule has 0 aromatic heterocycles. The van der Waals surface area contributed by atoms with Crippen LogP contribution in [-0.2, 0) is 11.3 Å². The summed E-state index contributed by atoms with van der Waals surface area (Å²) in [6.07, 6.45) is 3.18. The second kappa shape index (κ2) is 5.17. The zero-order valence-corrected chi connectivity index (χ0v) is 11.4. The van der Waals surface area contributed by atoms with Gasteiger partial charge in [-0.3, -0.25) is 4.79 Å². The van der Waals surface area contributed by atoms with Crippen LogP contribution in [0.1, 0.15) is 30.4 Å². The molecule has 0 radical (unpaired) electrons. The Morgan fingerprint density at radius 3 is 3.00 bits per heavy atom. The van der Waals surface area contributed by atoms with Crippen LogP contribution in [0.25, 0.3) is 0 Å². The third-order valence-corrected chi connectivity index (χ3v) is 4.14. The van der Waals surface area contributed by atoms with E-state index < -0.39 is 0 Å². The van der Waals surface area contributed by atoms with Crippen LogP contribution in [0.4, 0.5) is 0 Å². The number of rotatable bonds is 1. The van der Waals surface area contributed by atoms with Gasteiger partial charge in [-0.25, -0.2) is 0 Å². The number of fused-ring (bicyclic) bond motifs is 1. The lowest BCUT2D eigenvalue weighted by molar-refractivity contribution is -0.132. The SMILES string of the molecule is CC1=CCN(C(=O)C2CNCc3ccccc32)CC1. The van der Waals surface area contributed by atoms with Crippen molar-refractivity contribution in [1.82, 2.24) is 10.2 Å². The molecule has 19 heavy (non-hydrogen) atoms. The predicted octanol–water partition coefficient (Wildman–Crippen LogP) is 2.05. The molecule has 0 bridgehead atoms. The third kappa shape index (κ3) is 2.43. The molecule has 2 aliphatic heterocycles. The number of carbonyl (C=O) groups excluding carboxylic acids is 1. The van der Waals surface area contributed by atoms with Crippen molar-refractivity contribution < 1.29 is 4.79 Å². The Labute approximate surface area is 114 Å². The van der Waals surface area contributed by atoms with Crippen LogP contribution < -0.4 is 5.32 Å². The Kier molecular flexibility index (Phi) is 3.38. The van der Waals surface area contributed by atoms with Crippen LogP contribution in [0.3, 0.4) is 0 Å². The largest absolute Gasteiger partial charge is 0.338 e. The molecule has 1 aromatic carbocycles. The Balaban J connectivity index is 1.82. The summed E-state index contributed by atoms with van der Waals surface area (Å²) >= 11 is 0. The maximum absolute atomic E-state index is 12.7. The van der Waals surface area contributed by atoms with Gasteiger partial charge >= 0.3 is 0 Å². The highest BCUT2D eigenvalue weighted by Gasteiger charge is 2.29. The van der Waals surface area contributed by atoms with Crippen molar-refractivity contribution in [2.75, 3.05) is 19.6 Å². The summed E-state index contributed by atoms with van der Waals surface area (Å²) in [6.45, 7) is 5.40. The van der Waals surface area contributed by atoms with E-state index in [1.54, 1.807) is 0 Å². The van der Waals surface area contributed by atoms with E-state index in [4.69, 9.17) is 0 Å². The van der Waals surface area contributed by atoms with Crippen molar-refractivity contribution >= 4 is 5.91 Å². The van der Waals surface area contributed by atoms with Gasteiger partial charge in [-0.15, -0.1) is 0 Å². The van der Waals surface area contributed by atoms with Gasteiger partial charge in [0.05, 0.1) is 5.92 Å². The summed E-state index contributed by atoms with van der Waals surface area (Å²) in [5.41, 5.74) is 3.86. The van der Waals surface area contributed by atoms with E-state index >= 15 is 0 Å². The van der Waals surface area contributed by atoms with Crippen molar-refractivity contribution in [2.24, 2.45) is 0 Å². The summed E-state index contributed by atoms with van der Waals surface area (Å²) in [4.78, 5) is 14.7. The Bertz CT molecular complexity index is 521. The minimum absolute atomic E-state index is 0.0169. The lowest BCUT2D eigenvalue weighted by Gasteiger charge is -2.32. The van der Waals surface area contributed by atoms with Crippen LogP contribution in [0.15, 0.2) is 35.9 Å². The van der Waals surface area contributed by atoms with E-state index in [1.165, 1.54) is 16.7 Å². The molecular formula is C16H20N2O. The Morgan fingerprint density at radius 1 is 1.37 bits per heavy atom. The van der Waals surface area contributed by atoms with Crippen molar-refractivity contribution in [3.63, 3.8) is 0 Å². The van der Waals surface area contributed by atoms with Crippen LogP contribution in [0.2, 0.25) is 0 Å². The molecule has 2 heterocycles. The molecule has 1 unspecified atom stereocenters. The standard InChI is InChI=1S/C16H20N2O/c1-12-6-8-18(9-7-12)16(19)15-11-17-10-13-4-2-3-5-14(13)15/h2-6,15,17H,7-11H2,1H3. The van der Waals surface area contributed by atoms with Gasteiger partial charge in [0.25, 0.3) is 0 Å². The minimum atomic E-state index is -0.0169. The van der Waals surface area contributed by atoms with Crippen molar-refractivity contribution in [3.05, 3.63) is 47.0 Å². The lowest BCUT2D eigenvalue weighted by atomic mass is 9.89. The van der Waals surface area contributed by atoms with E-state index in [0.29, 0.717) is 0 Å². The summed E-state index contributed by atoms with van der Waals surface area (Å²) in [5.74, 6) is 0.250. The van der Waals surface area contributed by atoms with Gasteiger partial charge in [0.2, 0.25) is 5.91 Å². The van der Waals surface area contributed by atoms with Gasteiger partial charge in [-0.05, 0) is 24.5 Å². The second-order valence-electron chi connectivity index (χ2n) is 5.47. The van der Waals surface area contributed by atoms with E-state index in [0.717, 1.165) is 32.6 Å². The summed E-state index contributed by atoms with van der Waals surface area (Å²) in [7, 11) is 0. The molecule has 0 saturated heterocycles. The van der Waals surface area contributed by atoms with Crippen LogP contribution in [0, 0.1) is 0 Å². The highest BCUT2D eigenvalue weighted by molar-refractivity contribution is 5.85. The maximum Gasteiger partial charge on any atom is 0.231 e. The number of benzene rings is 1. The lowest BCUT2D eigenvalue weighted by Crippen LogP contribution is -2.43. The zero-order valence-electron chi connectivity index (χ0n) is 11.4. The zero-order chi connectivity index (χ0) is 13.2. The summed E-state index contributed by atoms with van der Waals surface area (Å²) < 4.78 is 0. The first-order valence-electron chi connectivity index (χ1n) is 6.98. The van der Waals surface area contributed by atoms with Crippen LogP contribution in [-0.4, -0.2) is 30.4 Å². The monoisotopic (exact) mass is 256 g/mol. The van der Waals surface area contributed by atoms with Gasteiger partial charge < -0.3 is 10.2 Å². The fourth-order valence-corrected chi connectivity index (χ4v) is 2.91. The van der Waals surface area contributed by atoms with E-state index in [2.05, 4.69) is 30.4 Å². The molecule has 0 aliphatic carbocycles. The third-order valence-electron chi connectivity index (χ3n) is 4.14. The molecule has 100 valence electrons. The summed E-state index contributed by atoms with van der Waals surface area (Å²) in [5, 5.41) is 3.36. The van der Waals surface area contributed by atoms with Crippen LogP contribution in [0.5, 0.6) is 0 Å². The molecule has 0 fully saturated rings. The highest BCUT2D eigenvalue weighted by Crippen LogP contribution is 2.26. The molecule has 2 aliphatic rings. The number of nitrogens with zero attached hydrogens (tertiary/aromatic N) is 1. The van der Waals surface area contributed by atoms with Gasteiger partial charge in [0.15, 0.2) is 0 Å². The van der Waals surface area contributed by atoms with Gasteiger partial charge in [0, 0.05) is 26.2 Å². The minimum Gasteiger partial charge on any atom is -0.338 e. The van der Waals surface area contributed by atoms with Gasteiger partial charge in [0.1, 0.15) is 0 Å².